The Morgan fingerprint density at radius 1 is 1.15 bits per heavy atom. The summed E-state index contributed by atoms with van der Waals surface area (Å²) in [6.45, 7) is 6.44. The van der Waals surface area contributed by atoms with Crippen molar-refractivity contribution in [2.75, 3.05) is 0 Å². The molecule has 3 aromatic rings. The van der Waals surface area contributed by atoms with E-state index in [-0.39, 0.29) is 5.41 Å². The number of carbonyl (C=O) groups excluding carboxylic acids is 1. The zero-order valence-corrected chi connectivity index (χ0v) is 16.3. The molecule has 6 heteroatoms. The minimum atomic E-state index is -0.862. The number of primary amides is 1. The van der Waals surface area contributed by atoms with Gasteiger partial charge in [0, 0.05) is 33.8 Å². The van der Waals surface area contributed by atoms with E-state index < -0.39 is 6.09 Å². The van der Waals surface area contributed by atoms with E-state index in [1.54, 1.807) is 23.5 Å². The number of ether oxygens (including phenoxy) is 1. The second-order valence-corrected chi connectivity index (χ2v) is 8.26. The van der Waals surface area contributed by atoms with Crippen molar-refractivity contribution < 1.29 is 9.53 Å². The van der Waals surface area contributed by atoms with Crippen molar-refractivity contribution in [2.45, 2.75) is 26.2 Å². The average Bonchev–Trinajstić information content (AvgIpc) is 3.03. The fraction of sp³-hybridized carbons (Fsp3) is 0.200. The van der Waals surface area contributed by atoms with Gasteiger partial charge in [-0.15, -0.1) is 11.3 Å². The molecule has 1 amide bonds. The lowest BCUT2D eigenvalue weighted by molar-refractivity contribution is 0.211. The molecule has 26 heavy (non-hydrogen) atoms. The molecule has 2 N–H and O–H groups in total. The Hall–Kier alpha value is -2.37. The predicted molar refractivity (Wildman–Crippen MR) is 107 cm³/mol. The quantitative estimate of drug-likeness (QED) is 0.610. The summed E-state index contributed by atoms with van der Waals surface area (Å²) in [4.78, 5) is 16.4. The van der Waals surface area contributed by atoms with E-state index in [1.165, 1.54) is 0 Å². The first-order valence-corrected chi connectivity index (χ1v) is 9.32. The number of rotatable bonds is 3. The van der Waals surface area contributed by atoms with E-state index in [4.69, 9.17) is 22.1 Å². The maximum Gasteiger partial charge on any atom is 0.409 e. The third kappa shape index (κ3) is 4.06. The van der Waals surface area contributed by atoms with Gasteiger partial charge in [-0.3, -0.25) is 4.98 Å². The van der Waals surface area contributed by atoms with Gasteiger partial charge in [0.15, 0.2) is 0 Å². The van der Waals surface area contributed by atoms with Crippen molar-refractivity contribution in [3.8, 4) is 27.3 Å². The number of nitrogens with two attached hydrogens (primary N) is 1. The molecule has 0 saturated carbocycles. The number of benzene rings is 1. The fourth-order valence-corrected chi connectivity index (χ4v) is 3.81. The molecular weight excluding hydrogens is 368 g/mol. The van der Waals surface area contributed by atoms with Gasteiger partial charge >= 0.3 is 6.09 Å². The Balaban J connectivity index is 1.92. The number of hydrogen-bond acceptors (Lipinski definition) is 4. The van der Waals surface area contributed by atoms with E-state index in [2.05, 4.69) is 43.3 Å². The van der Waals surface area contributed by atoms with Crippen LogP contribution in [0.5, 0.6) is 5.75 Å². The Labute approximate surface area is 161 Å². The van der Waals surface area contributed by atoms with Crippen molar-refractivity contribution in [1.82, 2.24) is 4.98 Å². The number of thiophene rings is 1. The molecule has 0 spiro atoms. The second-order valence-electron chi connectivity index (χ2n) is 6.94. The van der Waals surface area contributed by atoms with Gasteiger partial charge in [0.05, 0.1) is 5.02 Å². The first-order valence-electron chi connectivity index (χ1n) is 8.07. The highest BCUT2D eigenvalue weighted by Gasteiger charge is 2.16. The lowest BCUT2D eigenvalue weighted by Crippen LogP contribution is -2.16. The van der Waals surface area contributed by atoms with Crippen LogP contribution in [0.1, 0.15) is 26.5 Å². The zero-order valence-electron chi connectivity index (χ0n) is 14.7. The van der Waals surface area contributed by atoms with Gasteiger partial charge in [-0.1, -0.05) is 32.4 Å². The lowest BCUT2D eigenvalue weighted by Gasteiger charge is -2.18. The van der Waals surface area contributed by atoms with Crippen LogP contribution in [0.3, 0.4) is 0 Å². The molecule has 2 heterocycles. The molecule has 0 radical (unpaired) electrons. The summed E-state index contributed by atoms with van der Waals surface area (Å²) < 4.78 is 4.86. The summed E-state index contributed by atoms with van der Waals surface area (Å²) in [5.74, 6) is 0.326. The molecule has 0 unspecified atom stereocenters. The third-order valence-electron chi connectivity index (χ3n) is 3.89. The second kappa shape index (κ2) is 7.09. The summed E-state index contributed by atoms with van der Waals surface area (Å²) in [7, 11) is 0. The van der Waals surface area contributed by atoms with E-state index in [0.717, 1.165) is 27.3 Å². The van der Waals surface area contributed by atoms with E-state index in [1.807, 2.05) is 18.3 Å². The molecule has 134 valence electrons. The minimum Gasteiger partial charge on any atom is -0.410 e. The van der Waals surface area contributed by atoms with Gasteiger partial charge in [-0.05, 0) is 46.8 Å². The molecule has 0 fully saturated rings. The highest BCUT2D eigenvalue weighted by molar-refractivity contribution is 7.14. The molecule has 2 aromatic heterocycles. The molecule has 4 nitrogen and oxygen atoms in total. The van der Waals surface area contributed by atoms with Crippen LogP contribution in [0.4, 0.5) is 4.79 Å². The highest BCUT2D eigenvalue weighted by atomic mass is 35.5. The molecule has 0 bridgehead atoms. The first-order chi connectivity index (χ1) is 12.2. The average molecular weight is 387 g/mol. The fourth-order valence-electron chi connectivity index (χ4n) is 2.52. The monoisotopic (exact) mass is 386 g/mol. The SMILES string of the molecule is CC(C)(C)c1cc(-c2csc(-c3ccc(OC(N)=O)cc3Cl)c2)ccn1. The lowest BCUT2D eigenvalue weighted by atomic mass is 9.90. The van der Waals surface area contributed by atoms with Crippen LogP contribution < -0.4 is 10.5 Å². The maximum atomic E-state index is 10.8. The van der Waals surface area contributed by atoms with Crippen molar-refractivity contribution in [2.24, 2.45) is 5.73 Å². The summed E-state index contributed by atoms with van der Waals surface area (Å²) in [5, 5.41) is 2.60. The van der Waals surface area contributed by atoms with Gasteiger partial charge in [-0.25, -0.2) is 4.79 Å². The van der Waals surface area contributed by atoms with E-state index in [9.17, 15) is 4.79 Å². The number of carbonyl (C=O) groups is 1. The molecule has 3 rings (SSSR count). The number of pyridine rings is 1. The predicted octanol–water partition coefficient (Wildman–Crippen LogP) is 5.89. The van der Waals surface area contributed by atoms with Crippen molar-refractivity contribution in [1.29, 1.82) is 0 Å². The molecule has 0 atom stereocenters. The number of nitrogens with zero attached hydrogens (tertiary/aromatic N) is 1. The van der Waals surface area contributed by atoms with Gasteiger partial charge < -0.3 is 10.5 Å². The Kier molecular flexibility index (Phi) is 5.03. The molecule has 1 aromatic carbocycles. The smallest absolute Gasteiger partial charge is 0.409 e. The number of hydrogen-bond donors (Lipinski definition) is 1. The van der Waals surface area contributed by atoms with Crippen LogP contribution in [0, 0.1) is 0 Å². The first kappa shape index (κ1) is 18.4. The molecule has 0 aliphatic rings. The normalized spacial score (nSPS) is 11.4. The summed E-state index contributed by atoms with van der Waals surface area (Å²) in [6.07, 6.45) is 0.982. The summed E-state index contributed by atoms with van der Waals surface area (Å²) >= 11 is 7.96. The Bertz CT molecular complexity index is 960. The number of aromatic nitrogens is 1. The third-order valence-corrected chi connectivity index (χ3v) is 5.16. The van der Waals surface area contributed by atoms with E-state index in [0.29, 0.717) is 10.8 Å². The van der Waals surface area contributed by atoms with Crippen molar-refractivity contribution >= 4 is 29.0 Å². The highest BCUT2D eigenvalue weighted by Crippen LogP contribution is 2.38. The van der Waals surface area contributed by atoms with E-state index >= 15 is 0 Å². The Morgan fingerprint density at radius 2 is 1.92 bits per heavy atom. The molecule has 0 aliphatic heterocycles. The number of halogens is 1. The standard InChI is InChI=1S/C20H19ClN2O2S/c1-20(2,3)18-9-12(6-7-23-18)13-8-17(26-11-13)15-5-4-14(10-16(15)21)25-19(22)24/h4-11H,1-3H3,(H2,22,24). The number of amides is 1. The van der Waals surface area contributed by atoms with Crippen LogP contribution in [-0.2, 0) is 5.41 Å². The minimum absolute atomic E-state index is 0.00553. The van der Waals surface area contributed by atoms with Gasteiger partial charge in [0.1, 0.15) is 5.75 Å². The summed E-state index contributed by atoms with van der Waals surface area (Å²) in [6, 6.07) is 11.3. The van der Waals surface area contributed by atoms with Gasteiger partial charge in [0.25, 0.3) is 0 Å². The summed E-state index contributed by atoms with van der Waals surface area (Å²) in [5.41, 5.74) is 9.19. The topological polar surface area (TPSA) is 65.2 Å². The van der Waals surface area contributed by atoms with Crippen LogP contribution in [0.25, 0.3) is 21.6 Å². The Morgan fingerprint density at radius 3 is 2.58 bits per heavy atom. The molecular formula is C20H19ClN2O2S. The van der Waals surface area contributed by atoms with Gasteiger partial charge in [-0.2, -0.15) is 0 Å². The maximum absolute atomic E-state index is 10.8. The van der Waals surface area contributed by atoms with Crippen molar-refractivity contribution in [3.05, 3.63) is 58.7 Å². The van der Waals surface area contributed by atoms with Crippen LogP contribution >= 0.6 is 22.9 Å². The van der Waals surface area contributed by atoms with Crippen LogP contribution in [0.15, 0.2) is 48.0 Å². The van der Waals surface area contributed by atoms with Crippen LogP contribution in [-0.4, -0.2) is 11.1 Å². The largest absolute Gasteiger partial charge is 0.410 e. The van der Waals surface area contributed by atoms with Crippen molar-refractivity contribution in [3.63, 3.8) is 0 Å². The van der Waals surface area contributed by atoms with Crippen LogP contribution in [0.2, 0.25) is 5.02 Å². The zero-order chi connectivity index (χ0) is 18.9. The molecule has 0 aliphatic carbocycles. The molecule has 0 saturated heterocycles. The van der Waals surface area contributed by atoms with Gasteiger partial charge in [0.2, 0.25) is 0 Å².